The predicted molar refractivity (Wildman–Crippen MR) is 56.9 cm³/mol. The minimum absolute atomic E-state index is 0.248. The van der Waals surface area contributed by atoms with E-state index in [1.165, 1.54) is 12.1 Å². The van der Waals surface area contributed by atoms with Gasteiger partial charge in [0.2, 0.25) is 0 Å². The zero-order valence-corrected chi connectivity index (χ0v) is 8.66. The van der Waals surface area contributed by atoms with E-state index in [9.17, 15) is 4.39 Å². The smallest absolute Gasteiger partial charge is 0.159 e. The third-order valence-electron chi connectivity index (χ3n) is 2.33. The van der Waals surface area contributed by atoms with Gasteiger partial charge in [0.15, 0.2) is 5.82 Å². The highest BCUT2D eigenvalue weighted by Gasteiger charge is 2.02. The van der Waals surface area contributed by atoms with Gasteiger partial charge in [0, 0.05) is 17.5 Å². The summed E-state index contributed by atoms with van der Waals surface area (Å²) in [5.74, 6) is 0.390. The second kappa shape index (κ2) is 3.77. The van der Waals surface area contributed by atoms with Crippen LogP contribution in [0.4, 0.5) is 4.39 Å². The summed E-state index contributed by atoms with van der Waals surface area (Å²) in [4.78, 5) is 8.54. The molecule has 0 radical (unpaired) electrons. The average molecular weight is 202 g/mol. The van der Waals surface area contributed by atoms with Gasteiger partial charge >= 0.3 is 0 Å². The Morgan fingerprint density at radius 3 is 2.33 bits per heavy atom. The molecule has 76 valence electrons. The molecule has 1 aromatic heterocycles. The molecule has 1 heterocycles. The second-order valence-corrected chi connectivity index (χ2v) is 3.47. The van der Waals surface area contributed by atoms with Gasteiger partial charge in [0.1, 0.15) is 5.82 Å². The Bertz CT molecular complexity index is 477. The van der Waals surface area contributed by atoms with Gasteiger partial charge in [-0.05, 0) is 43.7 Å². The van der Waals surface area contributed by atoms with Crippen LogP contribution in [0.1, 0.15) is 11.3 Å². The number of benzene rings is 1. The van der Waals surface area contributed by atoms with Crippen molar-refractivity contribution in [3.63, 3.8) is 0 Å². The second-order valence-electron chi connectivity index (χ2n) is 3.47. The topological polar surface area (TPSA) is 25.8 Å². The molecule has 0 amide bonds. The monoisotopic (exact) mass is 202 g/mol. The molecule has 0 N–H and O–H groups in total. The first-order valence-corrected chi connectivity index (χ1v) is 4.73. The highest BCUT2D eigenvalue weighted by Crippen LogP contribution is 2.16. The van der Waals surface area contributed by atoms with Crippen molar-refractivity contribution in [3.8, 4) is 11.4 Å². The average Bonchev–Trinajstić information content (AvgIpc) is 2.23. The SMILES string of the molecule is Cc1cnc(-c2ccc(F)cc2)nc1C. The molecule has 15 heavy (non-hydrogen) atoms. The summed E-state index contributed by atoms with van der Waals surface area (Å²) in [5.41, 5.74) is 2.84. The van der Waals surface area contributed by atoms with Crippen LogP contribution in [0, 0.1) is 19.7 Å². The van der Waals surface area contributed by atoms with Crippen molar-refractivity contribution in [2.45, 2.75) is 13.8 Å². The number of hydrogen-bond acceptors (Lipinski definition) is 2. The Labute approximate surface area is 87.8 Å². The number of nitrogens with zero attached hydrogens (tertiary/aromatic N) is 2. The van der Waals surface area contributed by atoms with E-state index < -0.39 is 0 Å². The predicted octanol–water partition coefficient (Wildman–Crippen LogP) is 2.90. The van der Waals surface area contributed by atoms with Gasteiger partial charge in [-0.1, -0.05) is 0 Å². The van der Waals surface area contributed by atoms with Crippen LogP contribution in [0.5, 0.6) is 0 Å². The van der Waals surface area contributed by atoms with Gasteiger partial charge in [0.25, 0.3) is 0 Å². The molecule has 1 aromatic carbocycles. The first-order chi connectivity index (χ1) is 7.16. The van der Waals surface area contributed by atoms with Gasteiger partial charge in [-0.15, -0.1) is 0 Å². The molecular formula is C12H11FN2. The maximum absolute atomic E-state index is 12.7. The van der Waals surface area contributed by atoms with Crippen LogP contribution in [-0.4, -0.2) is 9.97 Å². The number of aromatic nitrogens is 2. The lowest BCUT2D eigenvalue weighted by molar-refractivity contribution is 0.628. The van der Waals surface area contributed by atoms with Crippen LogP contribution >= 0.6 is 0 Å². The Morgan fingerprint density at radius 1 is 1.07 bits per heavy atom. The summed E-state index contributed by atoms with van der Waals surface area (Å²) in [5, 5.41) is 0. The zero-order valence-electron chi connectivity index (χ0n) is 8.66. The van der Waals surface area contributed by atoms with Crippen LogP contribution in [0.15, 0.2) is 30.5 Å². The van der Waals surface area contributed by atoms with E-state index >= 15 is 0 Å². The summed E-state index contributed by atoms with van der Waals surface area (Å²) >= 11 is 0. The van der Waals surface area contributed by atoms with Crippen molar-refractivity contribution >= 4 is 0 Å². The minimum Gasteiger partial charge on any atom is -0.236 e. The molecular weight excluding hydrogens is 191 g/mol. The summed E-state index contributed by atoms with van der Waals surface area (Å²) in [6.07, 6.45) is 1.78. The third-order valence-corrected chi connectivity index (χ3v) is 2.33. The van der Waals surface area contributed by atoms with Crippen molar-refractivity contribution in [1.82, 2.24) is 9.97 Å². The number of halogens is 1. The molecule has 0 atom stereocenters. The fraction of sp³-hybridized carbons (Fsp3) is 0.167. The molecule has 0 spiro atoms. The van der Waals surface area contributed by atoms with Crippen molar-refractivity contribution in [1.29, 1.82) is 0 Å². The van der Waals surface area contributed by atoms with Gasteiger partial charge in [-0.2, -0.15) is 0 Å². The van der Waals surface area contributed by atoms with E-state index in [4.69, 9.17) is 0 Å². The van der Waals surface area contributed by atoms with Gasteiger partial charge in [-0.3, -0.25) is 0 Å². The van der Waals surface area contributed by atoms with Crippen LogP contribution in [0.2, 0.25) is 0 Å². The first kappa shape index (κ1) is 9.77. The Kier molecular flexibility index (Phi) is 2.46. The Morgan fingerprint density at radius 2 is 1.73 bits per heavy atom. The molecule has 0 unspecified atom stereocenters. The highest BCUT2D eigenvalue weighted by molar-refractivity contribution is 5.54. The van der Waals surface area contributed by atoms with E-state index in [1.807, 2.05) is 13.8 Å². The van der Waals surface area contributed by atoms with E-state index in [0.29, 0.717) is 5.82 Å². The maximum atomic E-state index is 12.7. The molecule has 2 nitrogen and oxygen atoms in total. The molecule has 0 saturated heterocycles. The molecule has 0 saturated carbocycles. The van der Waals surface area contributed by atoms with Crippen molar-refractivity contribution in [2.75, 3.05) is 0 Å². The fourth-order valence-electron chi connectivity index (χ4n) is 1.27. The standard InChI is InChI=1S/C12H11FN2/c1-8-7-14-12(15-9(8)2)10-3-5-11(13)6-4-10/h3-7H,1-2H3. The van der Waals surface area contributed by atoms with Gasteiger partial charge in [0.05, 0.1) is 0 Å². The molecule has 0 aliphatic carbocycles. The van der Waals surface area contributed by atoms with E-state index in [-0.39, 0.29) is 5.82 Å². The lowest BCUT2D eigenvalue weighted by Gasteiger charge is -2.03. The van der Waals surface area contributed by atoms with E-state index in [0.717, 1.165) is 16.8 Å². The molecule has 3 heteroatoms. The lowest BCUT2D eigenvalue weighted by Crippen LogP contribution is -1.94. The van der Waals surface area contributed by atoms with Crippen LogP contribution < -0.4 is 0 Å². The fourth-order valence-corrected chi connectivity index (χ4v) is 1.27. The molecule has 0 aliphatic rings. The normalized spacial score (nSPS) is 10.3. The number of aryl methyl sites for hydroxylation is 2. The third kappa shape index (κ3) is 2.01. The van der Waals surface area contributed by atoms with Gasteiger partial charge in [-0.25, -0.2) is 14.4 Å². The summed E-state index contributed by atoms with van der Waals surface area (Å²) in [6, 6.07) is 6.18. The van der Waals surface area contributed by atoms with Crippen LogP contribution in [0.25, 0.3) is 11.4 Å². The van der Waals surface area contributed by atoms with Crippen molar-refractivity contribution in [2.24, 2.45) is 0 Å². The minimum atomic E-state index is -0.248. The summed E-state index contributed by atoms with van der Waals surface area (Å²) in [7, 11) is 0. The van der Waals surface area contributed by atoms with Crippen molar-refractivity contribution < 1.29 is 4.39 Å². The van der Waals surface area contributed by atoms with Crippen LogP contribution in [0.3, 0.4) is 0 Å². The number of hydrogen-bond donors (Lipinski definition) is 0. The Balaban J connectivity index is 2.45. The first-order valence-electron chi connectivity index (χ1n) is 4.73. The molecule has 0 fully saturated rings. The lowest BCUT2D eigenvalue weighted by atomic mass is 10.2. The number of rotatable bonds is 1. The largest absolute Gasteiger partial charge is 0.236 e. The summed E-state index contributed by atoms with van der Waals surface area (Å²) < 4.78 is 12.7. The van der Waals surface area contributed by atoms with Crippen LogP contribution in [-0.2, 0) is 0 Å². The molecule has 0 aliphatic heterocycles. The zero-order chi connectivity index (χ0) is 10.8. The van der Waals surface area contributed by atoms with E-state index in [2.05, 4.69) is 9.97 Å². The summed E-state index contributed by atoms with van der Waals surface area (Å²) in [6.45, 7) is 3.90. The van der Waals surface area contributed by atoms with Gasteiger partial charge < -0.3 is 0 Å². The molecule has 2 aromatic rings. The van der Waals surface area contributed by atoms with Crippen molar-refractivity contribution in [3.05, 3.63) is 47.5 Å². The Hall–Kier alpha value is -1.77. The highest BCUT2D eigenvalue weighted by atomic mass is 19.1. The molecule has 0 bridgehead atoms. The van der Waals surface area contributed by atoms with E-state index in [1.54, 1.807) is 18.3 Å². The quantitative estimate of drug-likeness (QED) is 0.710. The maximum Gasteiger partial charge on any atom is 0.159 e. The molecule has 2 rings (SSSR count).